The van der Waals surface area contributed by atoms with Crippen molar-refractivity contribution in [3.05, 3.63) is 65.9 Å². The van der Waals surface area contributed by atoms with Gasteiger partial charge in [0.2, 0.25) is 0 Å². The second-order valence-electron chi connectivity index (χ2n) is 6.87. The van der Waals surface area contributed by atoms with Crippen LogP contribution in [0.15, 0.2) is 48.9 Å². The number of halogens is 1. The second kappa shape index (κ2) is 8.46. The molecule has 1 aliphatic rings. The molecule has 0 unspecified atom stereocenters. The molecule has 2 aromatic heterocycles. The summed E-state index contributed by atoms with van der Waals surface area (Å²) in [6, 6.07) is 8.06. The minimum atomic E-state index is -0.501. The van der Waals surface area contributed by atoms with Crippen molar-refractivity contribution in [2.45, 2.75) is 0 Å². The number of nitrogen functional groups attached to an aromatic ring is 1. The van der Waals surface area contributed by atoms with Crippen molar-refractivity contribution >= 4 is 17.2 Å². The van der Waals surface area contributed by atoms with Crippen LogP contribution in [-0.2, 0) is 4.74 Å². The van der Waals surface area contributed by atoms with Gasteiger partial charge in [-0.05, 0) is 30.3 Å². The van der Waals surface area contributed by atoms with Crippen LogP contribution in [0.3, 0.4) is 0 Å². The van der Waals surface area contributed by atoms with Crippen LogP contribution in [0.5, 0.6) is 5.75 Å². The molecule has 1 aliphatic heterocycles. The molecule has 3 N–H and O–H groups in total. The SMILES string of the molecule is COc1ccncc1-c1cc(C(=N)c2ccnc(N3CCOCC3)c2)c(N)cc1F. The molecule has 7 nitrogen and oxygen atoms in total. The highest BCUT2D eigenvalue weighted by atomic mass is 19.1. The van der Waals surface area contributed by atoms with Gasteiger partial charge in [-0.25, -0.2) is 9.37 Å². The van der Waals surface area contributed by atoms with Crippen molar-refractivity contribution in [1.29, 1.82) is 5.41 Å². The van der Waals surface area contributed by atoms with E-state index >= 15 is 0 Å². The summed E-state index contributed by atoms with van der Waals surface area (Å²) in [5.41, 5.74) is 8.31. The van der Waals surface area contributed by atoms with Gasteiger partial charge in [-0.3, -0.25) is 10.4 Å². The van der Waals surface area contributed by atoms with Gasteiger partial charge < -0.3 is 20.1 Å². The Bertz CT molecular complexity index is 1080. The third-order valence-corrected chi connectivity index (χ3v) is 5.07. The predicted molar refractivity (Wildman–Crippen MR) is 114 cm³/mol. The van der Waals surface area contributed by atoms with Gasteiger partial charge in [0.25, 0.3) is 0 Å². The average Bonchev–Trinajstić information content (AvgIpc) is 2.79. The molecule has 0 aliphatic carbocycles. The summed E-state index contributed by atoms with van der Waals surface area (Å²) in [6.07, 6.45) is 4.77. The average molecular weight is 407 g/mol. The number of hydrogen-bond acceptors (Lipinski definition) is 7. The zero-order valence-corrected chi connectivity index (χ0v) is 16.6. The Morgan fingerprint density at radius 2 is 1.97 bits per heavy atom. The van der Waals surface area contributed by atoms with Gasteiger partial charge in [-0.15, -0.1) is 0 Å². The maximum Gasteiger partial charge on any atom is 0.133 e. The first-order valence-corrected chi connectivity index (χ1v) is 9.54. The fraction of sp³-hybridized carbons (Fsp3) is 0.227. The second-order valence-corrected chi connectivity index (χ2v) is 6.87. The lowest BCUT2D eigenvalue weighted by Gasteiger charge is -2.28. The Morgan fingerprint density at radius 1 is 1.17 bits per heavy atom. The van der Waals surface area contributed by atoms with Gasteiger partial charge in [-0.2, -0.15) is 0 Å². The molecule has 30 heavy (non-hydrogen) atoms. The maximum absolute atomic E-state index is 14.7. The van der Waals surface area contributed by atoms with Crippen LogP contribution in [-0.4, -0.2) is 49.1 Å². The standard InChI is InChI=1S/C22H22FN5O2/c1-29-20-3-4-26-13-17(20)15-11-16(19(24)12-18(15)23)22(25)14-2-5-27-21(10-14)28-6-8-30-9-7-28/h2-5,10-13,25H,6-9,24H2,1H3. The highest BCUT2D eigenvalue weighted by molar-refractivity contribution is 6.14. The largest absolute Gasteiger partial charge is 0.496 e. The number of benzene rings is 1. The van der Waals surface area contributed by atoms with Crippen LogP contribution in [0.2, 0.25) is 0 Å². The topological polar surface area (TPSA) is 97.3 Å². The zero-order valence-electron chi connectivity index (χ0n) is 16.6. The smallest absolute Gasteiger partial charge is 0.133 e. The predicted octanol–water partition coefficient (Wildman–Crippen LogP) is 3.13. The van der Waals surface area contributed by atoms with E-state index in [4.69, 9.17) is 20.6 Å². The highest BCUT2D eigenvalue weighted by Gasteiger charge is 2.19. The molecule has 1 saturated heterocycles. The summed E-state index contributed by atoms with van der Waals surface area (Å²) in [5, 5.41) is 8.73. The van der Waals surface area contributed by atoms with Gasteiger partial charge in [0.15, 0.2) is 0 Å². The van der Waals surface area contributed by atoms with Crippen molar-refractivity contribution < 1.29 is 13.9 Å². The van der Waals surface area contributed by atoms with E-state index in [9.17, 15) is 4.39 Å². The van der Waals surface area contributed by atoms with Crippen molar-refractivity contribution in [1.82, 2.24) is 9.97 Å². The molecule has 1 fully saturated rings. The van der Waals surface area contributed by atoms with Gasteiger partial charge in [0.05, 0.1) is 26.0 Å². The van der Waals surface area contributed by atoms with Crippen molar-refractivity contribution in [3.63, 3.8) is 0 Å². The maximum atomic E-state index is 14.7. The number of ether oxygens (including phenoxy) is 2. The summed E-state index contributed by atoms with van der Waals surface area (Å²) >= 11 is 0. The van der Waals surface area contributed by atoms with E-state index in [2.05, 4.69) is 14.9 Å². The monoisotopic (exact) mass is 407 g/mol. The molecule has 3 heterocycles. The molecule has 8 heteroatoms. The normalized spacial score (nSPS) is 13.9. The van der Waals surface area contributed by atoms with Crippen LogP contribution in [0.4, 0.5) is 15.9 Å². The van der Waals surface area contributed by atoms with Gasteiger partial charge in [0, 0.05) is 59.6 Å². The number of hydrogen-bond donors (Lipinski definition) is 2. The van der Waals surface area contributed by atoms with Crippen LogP contribution < -0.4 is 15.4 Å². The first-order chi connectivity index (χ1) is 14.6. The Balaban J connectivity index is 1.73. The number of nitrogens with zero attached hydrogens (tertiary/aromatic N) is 3. The quantitative estimate of drug-likeness (QED) is 0.498. The number of rotatable bonds is 5. The number of nitrogens with two attached hydrogens (primary N) is 1. The third kappa shape index (κ3) is 3.81. The number of pyridine rings is 2. The molecule has 3 aromatic rings. The summed E-state index contributed by atoms with van der Waals surface area (Å²) in [5.74, 6) is 0.763. The molecule has 0 atom stereocenters. The minimum Gasteiger partial charge on any atom is -0.496 e. The fourth-order valence-electron chi connectivity index (χ4n) is 3.47. The first-order valence-electron chi connectivity index (χ1n) is 9.54. The molecule has 0 bridgehead atoms. The molecular formula is C22H22FN5O2. The van der Waals surface area contributed by atoms with E-state index < -0.39 is 5.82 Å². The summed E-state index contributed by atoms with van der Waals surface area (Å²) in [6.45, 7) is 2.77. The van der Waals surface area contributed by atoms with Gasteiger partial charge >= 0.3 is 0 Å². The van der Waals surface area contributed by atoms with E-state index in [1.807, 2.05) is 6.07 Å². The summed E-state index contributed by atoms with van der Waals surface area (Å²) in [4.78, 5) is 10.6. The van der Waals surface area contributed by atoms with Crippen molar-refractivity contribution in [2.75, 3.05) is 44.0 Å². The number of morpholine rings is 1. The van der Waals surface area contributed by atoms with Crippen molar-refractivity contribution in [2.24, 2.45) is 0 Å². The molecular weight excluding hydrogens is 385 g/mol. The highest BCUT2D eigenvalue weighted by Crippen LogP contribution is 2.34. The lowest BCUT2D eigenvalue weighted by Crippen LogP contribution is -2.36. The molecule has 4 rings (SSSR count). The summed E-state index contributed by atoms with van der Waals surface area (Å²) in [7, 11) is 1.52. The van der Waals surface area contributed by atoms with E-state index in [0.717, 1.165) is 18.9 Å². The number of aromatic nitrogens is 2. The third-order valence-electron chi connectivity index (χ3n) is 5.07. The van der Waals surface area contributed by atoms with E-state index in [1.54, 1.807) is 30.6 Å². The Morgan fingerprint density at radius 3 is 2.73 bits per heavy atom. The number of methoxy groups -OCH3 is 1. The molecule has 0 spiro atoms. The lowest BCUT2D eigenvalue weighted by molar-refractivity contribution is 0.122. The molecule has 0 amide bonds. The zero-order chi connectivity index (χ0) is 21.1. The minimum absolute atomic E-state index is 0.188. The Kier molecular flexibility index (Phi) is 5.58. The molecule has 0 saturated carbocycles. The molecule has 154 valence electrons. The van der Waals surface area contributed by atoms with Gasteiger partial charge in [0.1, 0.15) is 17.4 Å². The molecule has 1 aromatic carbocycles. The van der Waals surface area contributed by atoms with E-state index in [-0.39, 0.29) is 17.0 Å². The number of anilines is 2. The summed E-state index contributed by atoms with van der Waals surface area (Å²) < 4.78 is 25.5. The fourth-order valence-corrected chi connectivity index (χ4v) is 3.47. The van der Waals surface area contributed by atoms with Crippen LogP contribution in [0.1, 0.15) is 11.1 Å². The number of nitrogens with one attached hydrogen (secondary N) is 1. The van der Waals surface area contributed by atoms with Crippen molar-refractivity contribution in [3.8, 4) is 16.9 Å². The lowest BCUT2D eigenvalue weighted by atomic mass is 9.96. The van der Waals surface area contributed by atoms with Gasteiger partial charge in [-0.1, -0.05) is 0 Å². The van der Waals surface area contributed by atoms with E-state index in [1.165, 1.54) is 19.4 Å². The first kappa shape index (κ1) is 19.8. The molecule has 0 radical (unpaired) electrons. The van der Waals surface area contributed by atoms with Crippen LogP contribution in [0.25, 0.3) is 11.1 Å². The Hall–Kier alpha value is -3.52. The van der Waals surface area contributed by atoms with E-state index in [0.29, 0.717) is 35.7 Å². The van der Waals surface area contributed by atoms with Crippen LogP contribution >= 0.6 is 0 Å². The Labute approximate surface area is 173 Å². The van der Waals surface area contributed by atoms with Crippen LogP contribution in [0, 0.1) is 11.2 Å².